The molecular formula is C15H16N2O2. The second kappa shape index (κ2) is 5.36. The molecule has 1 fully saturated rings. The van der Waals surface area contributed by atoms with Crippen molar-refractivity contribution in [1.29, 1.82) is 0 Å². The summed E-state index contributed by atoms with van der Waals surface area (Å²) in [6, 6.07) is 9.88. The average molecular weight is 256 g/mol. The molecule has 1 aliphatic heterocycles. The van der Waals surface area contributed by atoms with Gasteiger partial charge in [0.2, 0.25) is 5.91 Å². The highest BCUT2D eigenvalue weighted by atomic mass is 16.5. The largest absolute Gasteiger partial charge is 0.368 e. The number of para-hydroxylation sites is 1. The fourth-order valence-corrected chi connectivity index (χ4v) is 2.39. The third kappa shape index (κ3) is 2.58. The van der Waals surface area contributed by atoms with E-state index >= 15 is 0 Å². The molecular weight excluding hydrogens is 240 g/mol. The Morgan fingerprint density at radius 1 is 1.37 bits per heavy atom. The summed E-state index contributed by atoms with van der Waals surface area (Å²) in [5, 5.41) is 4.02. The molecule has 0 aliphatic carbocycles. The predicted octanol–water partition coefficient (Wildman–Crippen LogP) is 2.03. The number of pyridine rings is 1. The Bertz CT molecular complexity index is 586. The first-order valence-electron chi connectivity index (χ1n) is 6.56. The molecule has 3 rings (SSSR count). The summed E-state index contributed by atoms with van der Waals surface area (Å²) in [6.45, 7) is 1.21. The van der Waals surface area contributed by atoms with Gasteiger partial charge < -0.3 is 10.1 Å². The van der Waals surface area contributed by atoms with Crippen LogP contribution in [0.4, 0.5) is 0 Å². The van der Waals surface area contributed by atoms with E-state index in [1.807, 2.05) is 30.3 Å². The lowest BCUT2D eigenvalue weighted by molar-refractivity contribution is -0.130. The molecule has 4 heteroatoms. The standard InChI is InChI=1S/C15H16N2O2/c18-15(14-6-3-9-19-14)17-10-11-7-8-16-13-5-2-1-4-12(11)13/h1-2,4-5,7-8,14H,3,6,9-10H2,(H,17,18). The normalized spacial score (nSPS) is 18.6. The van der Waals surface area contributed by atoms with Crippen LogP contribution in [0, 0.1) is 0 Å². The lowest BCUT2D eigenvalue weighted by Gasteiger charge is -2.11. The summed E-state index contributed by atoms with van der Waals surface area (Å²) in [4.78, 5) is 16.2. The van der Waals surface area contributed by atoms with Crippen LogP contribution in [0.1, 0.15) is 18.4 Å². The first-order chi connectivity index (χ1) is 9.34. The number of carbonyl (C=O) groups is 1. The lowest BCUT2D eigenvalue weighted by atomic mass is 10.1. The Hall–Kier alpha value is -1.94. The van der Waals surface area contributed by atoms with Crippen LogP contribution in [-0.4, -0.2) is 23.6 Å². The molecule has 0 bridgehead atoms. The van der Waals surface area contributed by atoms with Gasteiger partial charge in [-0.2, -0.15) is 0 Å². The smallest absolute Gasteiger partial charge is 0.249 e. The molecule has 1 atom stereocenters. The fourth-order valence-electron chi connectivity index (χ4n) is 2.39. The van der Waals surface area contributed by atoms with Gasteiger partial charge in [0.05, 0.1) is 5.52 Å². The molecule has 19 heavy (non-hydrogen) atoms. The number of benzene rings is 1. The Morgan fingerprint density at radius 2 is 2.26 bits per heavy atom. The van der Waals surface area contributed by atoms with Gasteiger partial charge in [-0.3, -0.25) is 9.78 Å². The Morgan fingerprint density at radius 3 is 3.11 bits per heavy atom. The monoisotopic (exact) mass is 256 g/mol. The molecule has 1 unspecified atom stereocenters. The quantitative estimate of drug-likeness (QED) is 0.914. The van der Waals surface area contributed by atoms with Crippen molar-refractivity contribution in [2.75, 3.05) is 6.61 Å². The zero-order chi connectivity index (χ0) is 13.1. The van der Waals surface area contributed by atoms with E-state index in [0.717, 1.165) is 29.3 Å². The van der Waals surface area contributed by atoms with Crippen LogP contribution in [-0.2, 0) is 16.1 Å². The predicted molar refractivity (Wildman–Crippen MR) is 72.6 cm³/mol. The number of amides is 1. The van der Waals surface area contributed by atoms with Gasteiger partial charge in [-0.15, -0.1) is 0 Å². The average Bonchev–Trinajstić information content (AvgIpc) is 2.99. The summed E-state index contributed by atoms with van der Waals surface area (Å²) in [7, 11) is 0. The zero-order valence-electron chi connectivity index (χ0n) is 10.6. The van der Waals surface area contributed by atoms with Crippen molar-refractivity contribution in [3.05, 3.63) is 42.1 Å². The third-order valence-electron chi connectivity index (χ3n) is 3.41. The van der Waals surface area contributed by atoms with E-state index < -0.39 is 0 Å². The van der Waals surface area contributed by atoms with E-state index in [4.69, 9.17) is 4.74 Å². The van der Waals surface area contributed by atoms with Gasteiger partial charge >= 0.3 is 0 Å². The van der Waals surface area contributed by atoms with Crippen molar-refractivity contribution in [3.63, 3.8) is 0 Å². The van der Waals surface area contributed by atoms with Gasteiger partial charge in [-0.25, -0.2) is 0 Å². The van der Waals surface area contributed by atoms with Crippen molar-refractivity contribution in [3.8, 4) is 0 Å². The topological polar surface area (TPSA) is 51.2 Å². The Kier molecular flexibility index (Phi) is 3.42. The summed E-state index contributed by atoms with van der Waals surface area (Å²) in [5.41, 5.74) is 2.03. The lowest BCUT2D eigenvalue weighted by Crippen LogP contribution is -2.33. The highest BCUT2D eigenvalue weighted by Crippen LogP contribution is 2.16. The summed E-state index contributed by atoms with van der Waals surface area (Å²) >= 11 is 0. The summed E-state index contributed by atoms with van der Waals surface area (Å²) < 4.78 is 5.37. The van der Waals surface area contributed by atoms with Gasteiger partial charge in [0.25, 0.3) is 0 Å². The fraction of sp³-hybridized carbons (Fsp3) is 0.333. The van der Waals surface area contributed by atoms with E-state index in [0.29, 0.717) is 13.2 Å². The maximum absolute atomic E-state index is 11.9. The van der Waals surface area contributed by atoms with Crippen LogP contribution in [0.25, 0.3) is 10.9 Å². The second-order valence-corrected chi connectivity index (χ2v) is 4.71. The molecule has 0 saturated carbocycles. The molecule has 4 nitrogen and oxygen atoms in total. The highest BCUT2D eigenvalue weighted by Gasteiger charge is 2.23. The van der Waals surface area contributed by atoms with Gasteiger partial charge in [0.1, 0.15) is 6.10 Å². The first kappa shape index (κ1) is 12.1. The van der Waals surface area contributed by atoms with E-state index in [1.165, 1.54) is 0 Å². The Balaban J connectivity index is 1.73. The number of aromatic nitrogens is 1. The van der Waals surface area contributed by atoms with Gasteiger partial charge in [-0.05, 0) is 30.5 Å². The van der Waals surface area contributed by atoms with E-state index in [-0.39, 0.29) is 12.0 Å². The minimum Gasteiger partial charge on any atom is -0.368 e. The maximum atomic E-state index is 11.9. The number of ether oxygens (including phenoxy) is 1. The molecule has 1 aromatic carbocycles. The third-order valence-corrected chi connectivity index (χ3v) is 3.41. The van der Waals surface area contributed by atoms with E-state index in [1.54, 1.807) is 6.20 Å². The van der Waals surface area contributed by atoms with E-state index in [9.17, 15) is 4.79 Å². The van der Waals surface area contributed by atoms with Gasteiger partial charge in [0.15, 0.2) is 0 Å². The van der Waals surface area contributed by atoms with Crippen LogP contribution >= 0.6 is 0 Å². The molecule has 2 heterocycles. The van der Waals surface area contributed by atoms with Crippen molar-refractivity contribution < 1.29 is 9.53 Å². The molecule has 1 N–H and O–H groups in total. The van der Waals surface area contributed by atoms with Gasteiger partial charge in [-0.1, -0.05) is 18.2 Å². The SMILES string of the molecule is O=C(NCc1ccnc2ccccc12)C1CCCO1. The number of nitrogens with zero attached hydrogens (tertiary/aromatic N) is 1. The van der Waals surface area contributed by atoms with Crippen molar-refractivity contribution in [2.24, 2.45) is 0 Å². The van der Waals surface area contributed by atoms with Crippen LogP contribution in [0.5, 0.6) is 0 Å². The number of rotatable bonds is 3. The number of hydrogen-bond donors (Lipinski definition) is 1. The number of fused-ring (bicyclic) bond motifs is 1. The molecule has 0 spiro atoms. The zero-order valence-corrected chi connectivity index (χ0v) is 10.6. The van der Waals surface area contributed by atoms with Crippen LogP contribution in [0.3, 0.4) is 0 Å². The molecule has 1 amide bonds. The van der Waals surface area contributed by atoms with Gasteiger partial charge in [0, 0.05) is 24.7 Å². The minimum absolute atomic E-state index is 0.0154. The molecule has 2 aromatic rings. The first-order valence-corrected chi connectivity index (χ1v) is 6.56. The maximum Gasteiger partial charge on any atom is 0.249 e. The molecule has 1 aromatic heterocycles. The number of hydrogen-bond acceptors (Lipinski definition) is 3. The van der Waals surface area contributed by atoms with Crippen LogP contribution in [0.2, 0.25) is 0 Å². The number of carbonyl (C=O) groups excluding carboxylic acids is 1. The molecule has 1 saturated heterocycles. The van der Waals surface area contributed by atoms with Crippen molar-refractivity contribution in [1.82, 2.24) is 10.3 Å². The van der Waals surface area contributed by atoms with E-state index in [2.05, 4.69) is 10.3 Å². The van der Waals surface area contributed by atoms with Crippen molar-refractivity contribution >= 4 is 16.8 Å². The molecule has 98 valence electrons. The second-order valence-electron chi connectivity index (χ2n) is 4.71. The minimum atomic E-state index is -0.270. The van der Waals surface area contributed by atoms with Crippen LogP contribution in [0.15, 0.2) is 36.5 Å². The van der Waals surface area contributed by atoms with Crippen LogP contribution < -0.4 is 5.32 Å². The summed E-state index contributed by atoms with van der Waals surface area (Å²) in [6.07, 6.45) is 3.29. The molecule has 1 aliphatic rings. The van der Waals surface area contributed by atoms with Crippen molar-refractivity contribution in [2.45, 2.75) is 25.5 Å². The summed E-state index contributed by atoms with van der Waals surface area (Å²) in [5.74, 6) is -0.0154. The highest BCUT2D eigenvalue weighted by molar-refractivity contribution is 5.84. The number of nitrogens with one attached hydrogen (secondary N) is 1. The Labute approximate surface area is 111 Å². The molecule has 0 radical (unpaired) electrons.